The van der Waals surface area contributed by atoms with Crippen molar-refractivity contribution in [3.63, 3.8) is 0 Å². The molecule has 0 saturated carbocycles. The number of hydrogen-bond donors (Lipinski definition) is 0. The average molecular weight is 292 g/mol. The summed E-state index contributed by atoms with van der Waals surface area (Å²) in [5, 5.41) is 0. The van der Waals surface area contributed by atoms with Crippen LogP contribution in [0, 0.1) is 0 Å². The summed E-state index contributed by atoms with van der Waals surface area (Å²) in [6.07, 6.45) is 0. The van der Waals surface area contributed by atoms with E-state index >= 15 is 0 Å². The minimum absolute atomic E-state index is 0.0108. The van der Waals surface area contributed by atoms with Gasteiger partial charge in [0.05, 0.1) is 5.56 Å². The lowest BCUT2D eigenvalue weighted by molar-refractivity contribution is 0.0734. The van der Waals surface area contributed by atoms with Gasteiger partial charge < -0.3 is 13.1 Å². The second kappa shape index (κ2) is 4.53. The van der Waals surface area contributed by atoms with Crippen LogP contribution in [0.4, 0.5) is 0 Å². The van der Waals surface area contributed by atoms with Crippen LogP contribution in [0.15, 0.2) is 48.5 Å². The Labute approximate surface area is 114 Å². The lowest BCUT2D eigenvalue weighted by Crippen LogP contribution is -2.08. The van der Waals surface area contributed by atoms with Crippen LogP contribution >= 0.6 is 0 Å². The zero-order valence-corrected chi connectivity index (χ0v) is 10.8. The molecule has 0 amide bonds. The molecule has 3 rings (SSSR count). The third-order valence-electron chi connectivity index (χ3n) is 2.52. The summed E-state index contributed by atoms with van der Waals surface area (Å²) in [4.78, 5) is 11.8. The van der Waals surface area contributed by atoms with Crippen molar-refractivity contribution < 1.29 is 26.3 Å². The van der Waals surface area contributed by atoms with Crippen molar-refractivity contribution in [2.45, 2.75) is 0 Å². The van der Waals surface area contributed by atoms with Crippen molar-refractivity contribution in [3.8, 4) is 17.2 Å². The first-order chi connectivity index (χ1) is 9.53. The number of rotatable bonds is 2. The lowest BCUT2D eigenvalue weighted by Gasteiger charge is -2.04. The van der Waals surface area contributed by atoms with Gasteiger partial charge in [-0.05, 0) is 24.3 Å². The van der Waals surface area contributed by atoms with Crippen molar-refractivity contribution in [3.05, 3.63) is 54.1 Å². The van der Waals surface area contributed by atoms with E-state index in [-0.39, 0.29) is 17.2 Å². The monoisotopic (exact) mass is 292 g/mol. The number of esters is 1. The van der Waals surface area contributed by atoms with Gasteiger partial charge in [0, 0.05) is 6.07 Å². The molecule has 2 aromatic rings. The molecular weight excluding hydrogens is 284 g/mol. The second-order valence-electron chi connectivity index (χ2n) is 3.94. The maximum atomic E-state index is 11.8. The van der Waals surface area contributed by atoms with E-state index < -0.39 is 16.4 Å². The van der Waals surface area contributed by atoms with Crippen LogP contribution in [-0.4, -0.2) is 14.4 Å². The molecule has 1 aliphatic heterocycles. The third kappa shape index (κ3) is 2.43. The van der Waals surface area contributed by atoms with Gasteiger partial charge in [-0.3, -0.25) is 0 Å². The Kier molecular flexibility index (Phi) is 2.83. The lowest BCUT2D eigenvalue weighted by atomic mass is 10.2. The van der Waals surface area contributed by atoms with Gasteiger partial charge in [-0.2, -0.15) is 0 Å². The molecule has 0 spiro atoms. The van der Waals surface area contributed by atoms with Crippen molar-refractivity contribution >= 4 is 16.4 Å². The van der Waals surface area contributed by atoms with Gasteiger partial charge in [-0.25, -0.2) is 4.79 Å². The first-order valence-corrected chi connectivity index (χ1v) is 6.92. The van der Waals surface area contributed by atoms with Crippen molar-refractivity contribution in [2.75, 3.05) is 0 Å². The largest absolute Gasteiger partial charge is 0.501 e. The number of carbonyl (C=O) groups is 1. The van der Waals surface area contributed by atoms with E-state index in [1.54, 1.807) is 30.3 Å². The van der Waals surface area contributed by atoms with E-state index in [0.29, 0.717) is 5.56 Å². The molecule has 0 saturated heterocycles. The molecule has 102 valence electrons. The summed E-state index contributed by atoms with van der Waals surface area (Å²) in [6, 6.07) is 12.5. The van der Waals surface area contributed by atoms with E-state index in [9.17, 15) is 13.2 Å². The first-order valence-electron chi connectivity index (χ1n) is 5.59. The Balaban J connectivity index is 1.82. The molecule has 0 radical (unpaired) electrons. The molecule has 1 heterocycles. The summed E-state index contributed by atoms with van der Waals surface area (Å²) >= 11 is 0. The summed E-state index contributed by atoms with van der Waals surface area (Å²) in [7, 11) is -4.04. The maximum Gasteiger partial charge on any atom is 0.501 e. The molecule has 2 aromatic carbocycles. The van der Waals surface area contributed by atoms with E-state index in [2.05, 4.69) is 8.37 Å². The molecule has 0 unspecified atom stereocenters. The van der Waals surface area contributed by atoms with E-state index in [1.165, 1.54) is 18.2 Å². The van der Waals surface area contributed by atoms with E-state index in [1.807, 2.05) is 0 Å². The minimum atomic E-state index is -4.04. The fraction of sp³-hybridized carbons (Fsp3) is 0. The number of carbonyl (C=O) groups excluding carboxylic acids is 1. The molecule has 0 atom stereocenters. The smallest absolute Gasteiger partial charge is 0.423 e. The Morgan fingerprint density at radius 3 is 2.40 bits per heavy atom. The highest BCUT2D eigenvalue weighted by Crippen LogP contribution is 2.38. The van der Waals surface area contributed by atoms with Gasteiger partial charge in [-0.1, -0.05) is 18.2 Å². The van der Waals surface area contributed by atoms with Gasteiger partial charge in [0.15, 0.2) is 11.5 Å². The van der Waals surface area contributed by atoms with Gasteiger partial charge in [0.25, 0.3) is 0 Å². The minimum Gasteiger partial charge on any atom is -0.423 e. The zero-order valence-electron chi connectivity index (χ0n) is 9.98. The van der Waals surface area contributed by atoms with Gasteiger partial charge >= 0.3 is 16.4 Å². The maximum absolute atomic E-state index is 11.8. The third-order valence-corrected chi connectivity index (χ3v) is 3.29. The van der Waals surface area contributed by atoms with Crippen LogP contribution in [0.5, 0.6) is 17.2 Å². The van der Waals surface area contributed by atoms with Gasteiger partial charge in [0.1, 0.15) is 5.75 Å². The zero-order chi connectivity index (χ0) is 14.2. The van der Waals surface area contributed by atoms with E-state index in [0.717, 1.165) is 0 Å². The van der Waals surface area contributed by atoms with Gasteiger partial charge in [-0.15, -0.1) is 8.42 Å². The molecule has 7 heteroatoms. The van der Waals surface area contributed by atoms with E-state index in [4.69, 9.17) is 4.74 Å². The number of benzene rings is 2. The number of fused-ring (bicyclic) bond motifs is 1. The fourth-order valence-corrected chi connectivity index (χ4v) is 2.40. The predicted octanol–water partition coefficient (Wildman–Crippen LogP) is 1.92. The second-order valence-corrected chi connectivity index (χ2v) is 5.09. The van der Waals surface area contributed by atoms with Crippen LogP contribution in [0.1, 0.15) is 10.4 Å². The molecular formula is C13H8O6S. The highest BCUT2D eigenvalue weighted by Gasteiger charge is 2.28. The summed E-state index contributed by atoms with van der Waals surface area (Å²) in [6.45, 7) is 0. The Morgan fingerprint density at radius 2 is 1.65 bits per heavy atom. The van der Waals surface area contributed by atoms with Crippen LogP contribution in [0.2, 0.25) is 0 Å². The molecule has 0 N–H and O–H groups in total. The number of hydrogen-bond acceptors (Lipinski definition) is 6. The Hall–Kier alpha value is -2.54. The van der Waals surface area contributed by atoms with Crippen LogP contribution in [0.3, 0.4) is 0 Å². The topological polar surface area (TPSA) is 78.9 Å². The van der Waals surface area contributed by atoms with Crippen molar-refractivity contribution in [1.82, 2.24) is 0 Å². The SMILES string of the molecule is O=C(Oc1ccc2c(c1)OS(=O)(=O)O2)c1ccccc1. The summed E-state index contributed by atoms with van der Waals surface area (Å²) < 4.78 is 36.4. The Morgan fingerprint density at radius 1 is 0.950 bits per heavy atom. The molecule has 0 aromatic heterocycles. The first kappa shape index (κ1) is 12.5. The number of ether oxygens (including phenoxy) is 1. The molecule has 6 nitrogen and oxygen atoms in total. The van der Waals surface area contributed by atoms with Crippen LogP contribution in [-0.2, 0) is 10.4 Å². The Bertz CT molecular complexity index is 767. The van der Waals surface area contributed by atoms with Gasteiger partial charge in [0.2, 0.25) is 0 Å². The summed E-state index contributed by atoms with van der Waals surface area (Å²) in [5.74, 6) is -0.335. The molecule has 0 aliphatic carbocycles. The average Bonchev–Trinajstić information content (AvgIpc) is 2.73. The highest BCUT2D eigenvalue weighted by atomic mass is 32.3. The van der Waals surface area contributed by atoms with Crippen LogP contribution in [0.25, 0.3) is 0 Å². The normalized spacial score (nSPS) is 14.8. The quantitative estimate of drug-likeness (QED) is 0.621. The fourth-order valence-electron chi connectivity index (χ4n) is 1.66. The van der Waals surface area contributed by atoms with Crippen molar-refractivity contribution in [2.24, 2.45) is 0 Å². The molecule has 0 bridgehead atoms. The molecule has 0 fully saturated rings. The van der Waals surface area contributed by atoms with Crippen LogP contribution < -0.4 is 13.1 Å². The predicted molar refractivity (Wildman–Crippen MR) is 68.0 cm³/mol. The highest BCUT2D eigenvalue weighted by molar-refractivity contribution is 7.82. The summed E-state index contributed by atoms with van der Waals surface area (Å²) in [5.41, 5.74) is 0.387. The molecule has 20 heavy (non-hydrogen) atoms. The standard InChI is InChI=1S/C13H8O6S/c14-13(9-4-2-1-3-5-9)17-10-6-7-11-12(8-10)19-20(15,16)18-11/h1-8H. The molecule has 1 aliphatic rings. The van der Waals surface area contributed by atoms with Crippen molar-refractivity contribution in [1.29, 1.82) is 0 Å².